The highest BCUT2D eigenvalue weighted by Crippen LogP contribution is 2.43. The van der Waals surface area contributed by atoms with Crippen LogP contribution in [0.1, 0.15) is 23.5 Å². The lowest BCUT2D eigenvalue weighted by molar-refractivity contribution is 0.412. The maximum Gasteiger partial charge on any atom is 0.174 e. The summed E-state index contributed by atoms with van der Waals surface area (Å²) in [6.45, 7) is 0. The number of para-hydroxylation sites is 2. The van der Waals surface area contributed by atoms with Crippen molar-refractivity contribution >= 4 is 38.9 Å². The number of pyridine rings is 1. The standard InChI is InChI=1S/C25H21BrN4OS/c1-31-22-10-3-2-8-20(22)29-16-6-9-21(29)24-23(19-7-4-5-15-27-19)28-25(32)30(24)18-13-11-17(26)12-14-18/h2-16,23-24H,1H3,(H,28,32)/t23-,24-/m0/s1. The van der Waals surface area contributed by atoms with Gasteiger partial charge in [0.2, 0.25) is 0 Å². The Labute approximate surface area is 200 Å². The monoisotopic (exact) mass is 504 g/mol. The van der Waals surface area contributed by atoms with E-state index in [2.05, 4.69) is 72.2 Å². The van der Waals surface area contributed by atoms with Crippen molar-refractivity contribution in [3.8, 4) is 11.4 Å². The van der Waals surface area contributed by atoms with Gasteiger partial charge in [0.25, 0.3) is 0 Å². The first-order valence-electron chi connectivity index (χ1n) is 10.2. The van der Waals surface area contributed by atoms with Crippen LogP contribution < -0.4 is 15.0 Å². The van der Waals surface area contributed by atoms with E-state index in [4.69, 9.17) is 17.0 Å². The average Bonchev–Trinajstić information content (AvgIpc) is 3.44. The molecular weight excluding hydrogens is 484 g/mol. The molecule has 32 heavy (non-hydrogen) atoms. The first kappa shape index (κ1) is 20.7. The molecule has 1 aliphatic heterocycles. The van der Waals surface area contributed by atoms with Gasteiger partial charge in [-0.3, -0.25) is 4.98 Å². The van der Waals surface area contributed by atoms with E-state index in [1.165, 1.54) is 0 Å². The van der Waals surface area contributed by atoms with Crippen LogP contribution in [0, 0.1) is 0 Å². The molecule has 5 rings (SSSR count). The van der Waals surface area contributed by atoms with Crippen LogP contribution in [0.25, 0.3) is 5.69 Å². The second-order valence-electron chi connectivity index (χ2n) is 7.45. The Kier molecular flexibility index (Phi) is 5.68. The van der Waals surface area contributed by atoms with E-state index >= 15 is 0 Å². The van der Waals surface area contributed by atoms with Gasteiger partial charge in [-0.25, -0.2) is 0 Å². The Morgan fingerprint density at radius 1 is 0.969 bits per heavy atom. The Bertz CT molecular complexity index is 1240. The van der Waals surface area contributed by atoms with Gasteiger partial charge in [-0.1, -0.05) is 34.1 Å². The van der Waals surface area contributed by atoms with E-state index in [0.29, 0.717) is 5.11 Å². The lowest BCUT2D eigenvalue weighted by Gasteiger charge is -2.29. The molecule has 0 amide bonds. The smallest absolute Gasteiger partial charge is 0.174 e. The Balaban J connectivity index is 1.68. The number of nitrogens with one attached hydrogen (secondary N) is 1. The number of rotatable bonds is 5. The Morgan fingerprint density at radius 2 is 1.75 bits per heavy atom. The maximum atomic E-state index is 5.83. The molecule has 1 aliphatic rings. The summed E-state index contributed by atoms with van der Waals surface area (Å²) in [6.07, 6.45) is 3.88. The quantitative estimate of drug-likeness (QED) is 0.346. The fraction of sp³-hybridized carbons (Fsp3) is 0.120. The van der Waals surface area contributed by atoms with Crippen LogP contribution in [0.2, 0.25) is 0 Å². The normalized spacial score (nSPS) is 17.9. The van der Waals surface area contributed by atoms with Crippen LogP contribution in [0.3, 0.4) is 0 Å². The summed E-state index contributed by atoms with van der Waals surface area (Å²) in [6, 6.07) is 26.2. The van der Waals surface area contributed by atoms with Crippen molar-refractivity contribution in [2.45, 2.75) is 12.1 Å². The van der Waals surface area contributed by atoms with Crippen molar-refractivity contribution in [1.82, 2.24) is 14.9 Å². The lowest BCUT2D eigenvalue weighted by atomic mass is 10.0. The molecule has 1 saturated heterocycles. The number of methoxy groups -OCH3 is 1. The minimum absolute atomic E-state index is 0.113. The SMILES string of the molecule is COc1ccccc1-n1cccc1[C@H]1[C@H](c2ccccn2)NC(=S)N1c1ccc(Br)cc1. The molecule has 0 radical (unpaired) electrons. The van der Waals surface area contributed by atoms with Crippen molar-refractivity contribution in [3.05, 3.63) is 107 Å². The highest BCUT2D eigenvalue weighted by atomic mass is 79.9. The molecular formula is C25H21BrN4OS. The zero-order valence-electron chi connectivity index (χ0n) is 17.4. The maximum absolute atomic E-state index is 5.83. The van der Waals surface area contributed by atoms with Crippen molar-refractivity contribution in [3.63, 3.8) is 0 Å². The minimum Gasteiger partial charge on any atom is -0.495 e. The van der Waals surface area contributed by atoms with Crippen molar-refractivity contribution < 1.29 is 4.74 Å². The summed E-state index contributed by atoms with van der Waals surface area (Å²) in [4.78, 5) is 6.81. The molecule has 0 aliphatic carbocycles. The summed E-state index contributed by atoms with van der Waals surface area (Å²) < 4.78 is 8.84. The predicted octanol–water partition coefficient (Wildman–Crippen LogP) is 5.82. The van der Waals surface area contributed by atoms with Crippen molar-refractivity contribution in [2.24, 2.45) is 0 Å². The average molecular weight is 505 g/mol. The number of nitrogens with zero attached hydrogens (tertiary/aromatic N) is 3. The molecule has 0 unspecified atom stereocenters. The van der Waals surface area contributed by atoms with E-state index in [0.717, 1.165) is 33.0 Å². The summed E-state index contributed by atoms with van der Waals surface area (Å²) in [5, 5.41) is 4.18. The summed E-state index contributed by atoms with van der Waals surface area (Å²) in [5.41, 5.74) is 4.01. The largest absolute Gasteiger partial charge is 0.495 e. The predicted molar refractivity (Wildman–Crippen MR) is 134 cm³/mol. The summed E-state index contributed by atoms with van der Waals surface area (Å²) >= 11 is 9.37. The highest BCUT2D eigenvalue weighted by molar-refractivity contribution is 9.10. The molecule has 2 aromatic heterocycles. The van der Waals surface area contributed by atoms with Gasteiger partial charge in [-0.2, -0.15) is 0 Å². The molecule has 2 atom stereocenters. The second-order valence-corrected chi connectivity index (χ2v) is 8.75. The topological polar surface area (TPSA) is 42.3 Å². The van der Waals surface area contributed by atoms with E-state index < -0.39 is 0 Å². The van der Waals surface area contributed by atoms with Crippen LogP contribution in [0.5, 0.6) is 5.75 Å². The van der Waals surface area contributed by atoms with Crippen LogP contribution in [-0.4, -0.2) is 21.8 Å². The number of hydrogen-bond acceptors (Lipinski definition) is 3. The number of benzene rings is 2. The molecule has 0 bridgehead atoms. The molecule has 0 saturated carbocycles. The van der Waals surface area contributed by atoms with Crippen molar-refractivity contribution in [2.75, 3.05) is 12.0 Å². The van der Waals surface area contributed by atoms with Gasteiger partial charge in [0, 0.05) is 28.2 Å². The molecule has 1 N–H and O–H groups in total. The molecule has 2 aromatic carbocycles. The van der Waals surface area contributed by atoms with Gasteiger partial charge in [-0.05, 0) is 72.9 Å². The third-order valence-corrected chi connectivity index (χ3v) is 6.47. The van der Waals surface area contributed by atoms with E-state index in [1.807, 2.05) is 54.7 Å². The molecule has 1 fully saturated rings. The molecule has 160 valence electrons. The third-order valence-electron chi connectivity index (χ3n) is 5.63. The van der Waals surface area contributed by atoms with Gasteiger partial charge in [-0.15, -0.1) is 0 Å². The molecule has 5 nitrogen and oxygen atoms in total. The summed E-state index contributed by atoms with van der Waals surface area (Å²) in [7, 11) is 1.69. The molecule has 7 heteroatoms. The third kappa shape index (κ3) is 3.67. The van der Waals surface area contributed by atoms with Crippen LogP contribution in [-0.2, 0) is 0 Å². The van der Waals surface area contributed by atoms with Gasteiger partial charge in [0.15, 0.2) is 5.11 Å². The number of anilines is 1. The Hall–Kier alpha value is -3.16. The number of hydrogen-bond donors (Lipinski definition) is 1. The van der Waals surface area contributed by atoms with Gasteiger partial charge in [0.1, 0.15) is 11.8 Å². The zero-order chi connectivity index (χ0) is 22.1. The van der Waals surface area contributed by atoms with Gasteiger partial charge in [0.05, 0.1) is 24.5 Å². The zero-order valence-corrected chi connectivity index (χ0v) is 19.8. The van der Waals surface area contributed by atoms with Crippen LogP contribution in [0.4, 0.5) is 5.69 Å². The first-order chi connectivity index (χ1) is 15.7. The molecule has 0 spiro atoms. The molecule has 3 heterocycles. The van der Waals surface area contributed by atoms with Gasteiger partial charge < -0.3 is 19.5 Å². The minimum atomic E-state index is -0.115. The summed E-state index contributed by atoms with van der Waals surface area (Å²) in [5.74, 6) is 0.808. The second kappa shape index (κ2) is 8.76. The number of thiocarbonyl (C=S) groups is 1. The van der Waals surface area contributed by atoms with E-state index in [1.54, 1.807) is 7.11 Å². The van der Waals surface area contributed by atoms with Crippen LogP contribution >= 0.6 is 28.1 Å². The van der Waals surface area contributed by atoms with Gasteiger partial charge >= 0.3 is 0 Å². The van der Waals surface area contributed by atoms with Crippen LogP contribution in [0.15, 0.2) is 95.7 Å². The van der Waals surface area contributed by atoms with E-state index in [9.17, 15) is 0 Å². The molecule has 4 aromatic rings. The lowest BCUT2D eigenvalue weighted by Crippen LogP contribution is -2.30. The number of aromatic nitrogens is 2. The number of halogens is 1. The Morgan fingerprint density at radius 3 is 2.50 bits per heavy atom. The number of ether oxygens (including phenoxy) is 1. The fourth-order valence-corrected chi connectivity index (χ4v) is 4.83. The van der Waals surface area contributed by atoms with Crippen molar-refractivity contribution in [1.29, 1.82) is 0 Å². The highest BCUT2D eigenvalue weighted by Gasteiger charge is 2.42. The fourth-order valence-electron chi connectivity index (χ4n) is 4.22. The van der Waals surface area contributed by atoms with E-state index in [-0.39, 0.29) is 12.1 Å². The first-order valence-corrected chi connectivity index (χ1v) is 11.4.